The maximum absolute atomic E-state index is 14.1. The van der Waals surface area contributed by atoms with Crippen molar-refractivity contribution in [2.45, 2.75) is 44.2 Å². The van der Waals surface area contributed by atoms with E-state index in [0.29, 0.717) is 36.0 Å². The summed E-state index contributed by atoms with van der Waals surface area (Å²) in [6, 6.07) is 4.21. The van der Waals surface area contributed by atoms with E-state index < -0.39 is 23.4 Å². The second-order valence-electron chi connectivity index (χ2n) is 9.44. The second kappa shape index (κ2) is 9.98. The number of hydrogen-bond acceptors (Lipinski definition) is 8. The molecular formula is C26H25F3N8. The summed E-state index contributed by atoms with van der Waals surface area (Å²) in [4.78, 5) is 21.6. The van der Waals surface area contributed by atoms with Crippen LogP contribution in [0.25, 0.3) is 22.3 Å². The Morgan fingerprint density at radius 2 is 1.78 bits per heavy atom. The number of nitrogens with zero attached hydrogens (tertiary/aromatic N) is 5. The Hall–Kier alpha value is -3.70. The molecule has 3 N–H and O–H groups in total. The molecule has 0 radical (unpaired) electrons. The van der Waals surface area contributed by atoms with Gasteiger partial charge in [0.05, 0.1) is 17.4 Å². The van der Waals surface area contributed by atoms with Gasteiger partial charge in [-0.05, 0) is 62.4 Å². The summed E-state index contributed by atoms with van der Waals surface area (Å²) < 4.78 is 40.9. The Bertz CT molecular complexity index is 1450. The highest BCUT2D eigenvalue weighted by Crippen LogP contribution is 2.43. The summed E-state index contributed by atoms with van der Waals surface area (Å²) in [5, 5.41) is 10.7. The number of fused-ring (bicyclic) bond motifs is 1. The lowest BCUT2D eigenvalue weighted by Crippen LogP contribution is -2.39. The maximum atomic E-state index is 14.1. The molecule has 1 saturated heterocycles. The molecule has 0 unspecified atom stereocenters. The molecule has 0 spiro atoms. The van der Waals surface area contributed by atoms with Crippen LogP contribution in [0, 0.1) is 17.6 Å². The molecule has 0 bridgehead atoms. The van der Waals surface area contributed by atoms with Gasteiger partial charge in [0.15, 0.2) is 23.3 Å². The zero-order chi connectivity index (χ0) is 25.4. The zero-order valence-corrected chi connectivity index (χ0v) is 19.9. The van der Waals surface area contributed by atoms with Crippen molar-refractivity contribution in [2.24, 2.45) is 0 Å². The van der Waals surface area contributed by atoms with E-state index in [1.54, 1.807) is 18.3 Å². The monoisotopic (exact) mass is 506 g/mol. The molecular weight excluding hydrogens is 481 g/mol. The van der Waals surface area contributed by atoms with Crippen LogP contribution in [0.4, 0.5) is 24.8 Å². The van der Waals surface area contributed by atoms with Crippen LogP contribution < -0.4 is 16.0 Å². The van der Waals surface area contributed by atoms with Crippen LogP contribution in [0.5, 0.6) is 0 Å². The molecule has 4 aromatic rings. The van der Waals surface area contributed by atoms with E-state index >= 15 is 0 Å². The average Bonchev–Trinajstić information content (AvgIpc) is 3.76. The number of halogens is 3. The third-order valence-corrected chi connectivity index (χ3v) is 6.78. The van der Waals surface area contributed by atoms with Gasteiger partial charge in [0.1, 0.15) is 5.82 Å². The first-order chi connectivity index (χ1) is 18.0. The smallest absolute Gasteiger partial charge is 0.251 e. The Kier molecular flexibility index (Phi) is 6.39. The van der Waals surface area contributed by atoms with Gasteiger partial charge in [0.2, 0.25) is 0 Å². The minimum absolute atomic E-state index is 0.192. The van der Waals surface area contributed by atoms with Gasteiger partial charge in [0, 0.05) is 42.0 Å². The fraction of sp³-hybridized carbons (Fsp3) is 0.346. The first-order valence-electron chi connectivity index (χ1n) is 12.4. The standard InChI is InChI=1S/C26H25F3N8/c27-18-10-19(28)26(37-24(18)29)36-22-9-15(3-8-32-22)25-34-20-12-31-11-17(14-1-2-14)23(20)21(35-25)13-33-16-4-6-30-7-5-16/h3,8-12,14,16,30,33H,1-2,4-7,13H2,(H,32,36,37). The van der Waals surface area contributed by atoms with Crippen LogP contribution in [-0.2, 0) is 6.54 Å². The van der Waals surface area contributed by atoms with Crippen molar-refractivity contribution in [1.29, 1.82) is 0 Å². The Balaban J connectivity index is 1.36. The lowest BCUT2D eigenvalue weighted by Gasteiger charge is -2.24. The summed E-state index contributed by atoms with van der Waals surface area (Å²) in [6.45, 7) is 2.58. The van der Waals surface area contributed by atoms with Crippen molar-refractivity contribution in [2.75, 3.05) is 18.4 Å². The van der Waals surface area contributed by atoms with Gasteiger partial charge in [-0.15, -0.1) is 0 Å². The number of anilines is 2. The van der Waals surface area contributed by atoms with Crippen LogP contribution in [0.2, 0.25) is 0 Å². The Morgan fingerprint density at radius 3 is 2.59 bits per heavy atom. The molecule has 4 aromatic heterocycles. The highest BCUT2D eigenvalue weighted by atomic mass is 19.2. The Labute approximate surface area is 211 Å². The topological polar surface area (TPSA) is 101 Å². The molecule has 8 nitrogen and oxygen atoms in total. The summed E-state index contributed by atoms with van der Waals surface area (Å²) >= 11 is 0. The van der Waals surface area contributed by atoms with Gasteiger partial charge >= 0.3 is 0 Å². The van der Waals surface area contributed by atoms with Gasteiger partial charge in [-0.1, -0.05) is 0 Å². The molecule has 1 saturated carbocycles. The molecule has 2 aliphatic rings. The summed E-state index contributed by atoms with van der Waals surface area (Å²) in [5.74, 6) is -3.11. The number of pyridine rings is 3. The highest BCUT2D eigenvalue weighted by molar-refractivity contribution is 5.86. The predicted octanol–water partition coefficient (Wildman–Crippen LogP) is 4.36. The summed E-state index contributed by atoms with van der Waals surface area (Å²) in [6.07, 6.45) is 9.57. The predicted molar refractivity (Wildman–Crippen MR) is 133 cm³/mol. The number of rotatable bonds is 7. The van der Waals surface area contributed by atoms with Gasteiger partial charge in [-0.2, -0.15) is 9.37 Å². The van der Waals surface area contributed by atoms with Crippen molar-refractivity contribution in [1.82, 2.24) is 35.6 Å². The molecule has 6 rings (SSSR count). The Morgan fingerprint density at radius 1 is 0.946 bits per heavy atom. The summed E-state index contributed by atoms with van der Waals surface area (Å²) in [5.41, 5.74) is 3.48. The fourth-order valence-corrected chi connectivity index (χ4v) is 4.71. The lowest BCUT2D eigenvalue weighted by atomic mass is 10.0. The van der Waals surface area contributed by atoms with E-state index in [0.717, 1.165) is 55.4 Å². The number of nitrogens with one attached hydrogen (secondary N) is 3. The van der Waals surface area contributed by atoms with Crippen LogP contribution in [0.1, 0.15) is 42.9 Å². The van der Waals surface area contributed by atoms with Gasteiger partial charge in [0.25, 0.3) is 5.95 Å². The van der Waals surface area contributed by atoms with Crippen LogP contribution in [-0.4, -0.2) is 44.1 Å². The SMILES string of the molecule is Fc1cc(F)c(Nc2cc(-c3nc(CNC4CCNCC4)c4c(C5CC5)cncc4n3)ccn2)nc1F. The van der Waals surface area contributed by atoms with E-state index in [9.17, 15) is 13.2 Å². The van der Waals surface area contributed by atoms with Crippen molar-refractivity contribution in [3.05, 3.63) is 65.6 Å². The van der Waals surface area contributed by atoms with E-state index in [-0.39, 0.29) is 5.82 Å². The van der Waals surface area contributed by atoms with Crippen molar-refractivity contribution in [3.63, 3.8) is 0 Å². The van der Waals surface area contributed by atoms with Gasteiger partial charge < -0.3 is 16.0 Å². The molecule has 0 aromatic carbocycles. The third-order valence-electron chi connectivity index (χ3n) is 6.78. The van der Waals surface area contributed by atoms with E-state index in [1.807, 2.05) is 6.20 Å². The fourth-order valence-electron chi connectivity index (χ4n) is 4.71. The van der Waals surface area contributed by atoms with Crippen molar-refractivity contribution < 1.29 is 13.2 Å². The first-order valence-corrected chi connectivity index (χ1v) is 12.4. The molecule has 5 heterocycles. The molecule has 11 heteroatoms. The van der Waals surface area contributed by atoms with E-state index in [2.05, 4.69) is 30.9 Å². The third kappa shape index (κ3) is 5.09. The number of piperidine rings is 1. The zero-order valence-electron chi connectivity index (χ0n) is 19.9. The second-order valence-corrected chi connectivity index (χ2v) is 9.44. The van der Waals surface area contributed by atoms with Crippen LogP contribution >= 0.6 is 0 Å². The van der Waals surface area contributed by atoms with Crippen molar-refractivity contribution >= 4 is 22.5 Å². The minimum Gasteiger partial charge on any atom is -0.322 e. The molecule has 0 amide bonds. The minimum atomic E-state index is -1.40. The molecule has 190 valence electrons. The van der Waals surface area contributed by atoms with Crippen LogP contribution in [0.3, 0.4) is 0 Å². The summed E-state index contributed by atoms with van der Waals surface area (Å²) in [7, 11) is 0. The number of aromatic nitrogens is 5. The molecule has 2 fully saturated rings. The largest absolute Gasteiger partial charge is 0.322 e. The number of hydrogen-bond donors (Lipinski definition) is 3. The van der Waals surface area contributed by atoms with E-state index in [4.69, 9.17) is 9.97 Å². The first kappa shape index (κ1) is 23.7. The molecule has 1 aliphatic carbocycles. The van der Waals surface area contributed by atoms with E-state index in [1.165, 1.54) is 11.8 Å². The van der Waals surface area contributed by atoms with Gasteiger partial charge in [-0.3, -0.25) is 4.98 Å². The molecule has 0 atom stereocenters. The molecule has 37 heavy (non-hydrogen) atoms. The van der Waals surface area contributed by atoms with Crippen molar-refractivity contribution in [3.8, 4) is 11.4 Å². The molecule has 1 aliphatic heterocycles. The normalized spacial score (nSPS) is 16.3. The maximum Gasteiger partial charge on any atom is 0.251 e. The quantitative estimate of drug-likeness (QED) is 0.318. The van der Waals surface area contributed by atoms with Crippen LogP contribution in [0.15, 0.2) is 36.8 Å². The average molecular weight is 507 g/mol. The highest BCUT2D eigenvalue weighted by Gasteiger charge is 2.28. The van der Waals surface area contributed by atoms with Gasteiger partial charge in [-0.25, -0.2) is 23.7 Å². The lowest BCUT2D eigenvalue weighted by molar-refractivity contribution is 0.385.